The van der Waals surface area contributed by atoms with Gasteiger partial charge in [-0.1, -0.05) is 30.3 Å². The van der Waals surface area contributed by atoms with Gasteiger partial charge in [0, 0.05) is 17.8 Å². The highest BCUT2D eigenvalue weighted by Crippen LogP contribution is 2.24. The molecule has 80 valence electrons. The highest BCUT2D eigenvalue weighted by Gasteiger charge is 2.19. The van der Waals surface area contributed by atoms with E-state index in [9.17, 15) is 0 Å². The standard InChI is InChI=1S/C14H14N2/c15-12-6-3-7-13-14(12)11-5-2-1-4-10(11)8-9-16-13/h1-2,4-5,7-9,12H,3,6,15H2. The predicted octanol–water partition coefficient (Wildman–Crippen LogP) is 0.707. The van der Waals surface area contributed by atoms with Crippen LogP contribution in [0, 0.1) is 0 Å². The molecule has 1 aliphatic heterocycles. The fourth-order valence-corrected chi connectivity index (χ4v) is 2.39. The molecule has 0 radical (unpaired) electrons. The van der Waals surface area contributed by atoms with Crippen molar-refractivity contribution in [3.63, 3.8) is 0 Å². The van der Waals surface area contributed by atoms with E-state index in [0.29, 0.717) is 0 Å². The number of nitrogens with zero attached hydrogens (tertiary/aromatic N) is 1. The van der Waals surface area contributed by atoms with Crippen LogP contribution in [0.2, 0.25) is 0 Å². The average Bonchev–Trinajstić information content (AvgIpc) is 2.49. The molecular formula is C14H14N2. The van der Waals surface area contributed by atoms with Crippen LogP contribution in [-0.4, -0.2) is 12.3 Å². The summed E-state index contributed by atoms with van der Waals surface area (Å²) in [4.78, 5) is 4.47. The Balaban J connectivity index is 2.44. The van der Waals surface area contributed by atoms with E-state index in [-0.39, 0.29) is 6.04 Å². The molecule has 2 nitrogen and oxygen atoms in total. The second-order valence-corrected chi connectivity index (χ2v) is 4.22. The maximum Gasteiger partial charge on any atom is 0.0643 e. The van der Waals surface area contributed by atoms with Gasteiger partial charge in [0.2, 0.25) is 0 Å². The van der Waals surface area contributed by atoms with Gasteiger partial charge in [-0.3, -0.25) is 4.99 Å². The Bertz CT molecular complexity index is 593. The lowest BCUT2D eigenvalue weighted by atomic mass is 9.92. The molecule has 0 amide bonds. The molecular weight excluding hydrogens is 196 g/mol. The molecule has 2 aliphatic rings. The Hall–Kier alpha value is -1.67. The van der Waals surface area contributed by atoms with Gasteiger partial charge in [0.25, 0.3) is 0 Å². The van der Waals surface area contributed by atoms with Crippen molar-refractivity contribution in [2.24, 2.45) is 10.7 Å². The Morgan fingerprint density at radius 3 is 3.06 bits per heavy atom. The minimum absolute atomic E-state index is 0.116. The molecule has 0 saturated heterocycles. The smallest absolute Gasteiger partial charge is 0.0643 e. The van der Waals surface area contributed by atoms with E-state index in [2.05, 4.69) is 29.3 Å². The molecule has 1 aliphatic carbocycles. The number of rotatable bonds is 0. The molecule has 2 heteroatoms. The van der Waals surface area contributed by atoms with Crippen LogP contribution in [0.3, 0.4) is 0 Å². The van der Waals surface area contributed by atoms with E-state index < -0.39 is 0 Å². The van der Waals surface area contributed by atoms with Crippen LogP contribution in [-0.2, 0) is 0 Å². The Labute approximate surface area is 94.5 Å². The molecule has 1 aromatic rings. The van der Waals surface area contributed by atoms with E-state index >= 15 is 0 Å². The van der Waals surface area contributed by atoms with Gasteiger partial charge >= 0.3 is 0 Å². The van der Waals surface area contributed by atoms with Crippen molar-refractivity contribution in [1.29, 1.82) is 0 Å². The topological polar surface area (TPSA) is 38.4 Å². The fourth-order valence-electron chi connectivity index (χ4n) is 2.39. The van der Waals surface area contributed by atoms with Crippen molar-refractivity contribution in [1.82, 2.24) is 0 Å². The summed E-state index contributed by atoms with van der Waals surface area (Å²) in [6.45, 7) is 0. The van der Waals surface area contributed by atoms with E-state index in [1.54, 1.807) is 0 Å². The van der Waals surface area contributed by atoms with Gasteiger partial charge in [0.15, 0.2) is 0 Å². The molecule has 0 spiro atoms. The van der Waals surface area contributed by atoms with Crippen molar-refractivity contribution in [2.45, 2.75) is 18.9 Å². The van der Waals surface area contributed by atoms with Gasteiger partial charge in [0.05, 0.1) is 5.70 Å². The van der Waals surface area contributed by atoms with Crippen molar-refractivity contribution in [3.05, 3.63) is 46.5 Å². The molecule has 2 N–H and O–H groups in total. The third-order valence-electron chi connectivity index (χ3n) is 3.18. The molecule has 0 saturated carbocycles. The lowest BCUT2D eigenvalue weighted by Gasteiger charge is -2.20. The summed E-state index contributed by atoms with van der Waals surface area (Å²) in [5.74, 6) is 0. The maximum absolute atomic E-state index is 6.21. The van der Waals surface area contributed by atoms with Crippen LogP contribution in [0.4, 0.5) is 0 Å². The molecule has 3 rings (SSSR count). The van der Waals surface area contributed by atoms with Crippen LogP contribution < -0.4 is 16.2 Å². The zero-order valence-corrected chi connectivity index (χ0v) is 9.06. The molecule has 1 heterocycles. The van der Waals surface area contributed by atoms with Crippen LogP contribution >= 0.6 is 0 Å². The number of fused-ring (bicyclic) bond motifs is 2. The first-order chi connectivity index (χ1) is 7.86. The van der Waals surface area contributed by atoms with Crippen molar-refractivity contribution in [2.75, 3.05) is 0 Å². The zero-order chi connectivity index (χ0) is 11.0. The largest absolute Gasteiger partial charge is 0.324 e. The monoisotopic (exact) mass is 210 g/mol. The molecule has 16 heavy (non-hydrogen) atoms. The highest BCUT2D eigenvalue weighted by molar-refractivity contribution is 5.94. The molecule has 1 aromatic carbocycles. The van der Waals surface area contributed by atoms with Crippen molar-refractivity contribution >= 4 is 17.9 Å². The van der Waals surface area contributed by atoms with Crippen molar-refractivity contribution in [3.8, 4) is 0 Å². The lowest BCUT2D eigenvalue weighted by Crippen LogP contribution is -2.35. The minimum atomic E-state index is 0.116. The first-order valence-electron chi connectivity index (χ1n) is 5.66. The number of hydrogen-bond donors (Lipinski definition) is 1. The lowest BCUT2D eigenvalue weighted by molar-refractivity contribution is 0.721. The molecule has 1 atom stereocenters. The van der Waals surface area contributed by atoms with Crippen LogP contribution in [0.1, 0.15) is 12.8 Å². The zero-order valence-electron chi connectivity index (χ0n) is 9.06. The average molecular weight is 210 g/mol. The van der Waals surface area contributed by atoms with Gasteiger partial charge < -0.3 is 5.73 Å². The third-order valence-corrected chi connectivity index (χ3v) is 3.18. The van der Waals surface area contributed by atoms with E-state index in [0.717, 1.165) is 18.5 Å². The first-order valence-corrected chi connectivity index (χ1v) is 5.66. The summed E-state index contributed by atoms with van der Waals surface area (Å²) in [7, 11) is 0. The second-order valence-electron chi connectivity index (χ2n) is 4.22. The summed E-state index contributed by atoms with van der Waals surface area (Å²) in [5.41, 5.74) is 8.46. The SMILES string of the molecule is NC1CCC=C2N=CC=c3ccccc3=C21. The molecule has 0 bridgehead atoms. The normalized spacial score (nSPS) is 22.7. The van der Waals surface area contributed by atoms with Crippen LogP contribution in [0.5, 0.6) is 0 Å². The summed E-state index contributed by atoms with van der Waals surface area (Å²) in [6.07, 6.45) is 8.15. The molecule has 0 aromatic heterocycles. The maximum atomic E-state index is 6.21. The fraction of sp³-hybridized carbons (Fsp3) is 0.214. The Morgan fingerprint density at radius 1 is 1.25 bits per heavy atom. The molecule has 0 fully saturated rings. The number of hydrogen-bond acceptors (Lipinski definition) is 2. The molecule has 1 unspecified atom stereocenters. The summed E-state index contributed by atoms with van der Waals surface area (Å²) in [5, 5.41) is 2.44. The van der Waals surface area contributed by atoms with Gasteiger partial charge in [-0.2, -0.15) is 0 Å². The van der Waals surface area contributed by atoms with E-state index in [4.69, 9.17) is 5.73 Å². The van der Waals surface area contributed by atoms with Gasteiger partial charge in [-0.25, -0.2) is 0 Å². The van der Waals surface area contributed by atoms with Gasteiger partial charge in [-0.05, 0) is 29.4 Å². The minimum Gasteiger partial charge on any atom is -0.324 e. The number of allylic oxidation sites excluding steroid dienone is 1. The number of nitrogens with two attached hydrogens (primary N) is 1. The van der Waals surface area contributed by atoms with Crippen molar-refractivity contribution < 1.29 is 0 Å². The van der Waals surface area contributed by atoms with Crippen LogP contribution in [0.15, 0.2) is 41.0 Å². The number of benzene rings is 1. The van der Waals surface area contributed by atoms with Gasteiger partial charge in [0.1, 0.15) is 0 Å². The third kappa shape index (κ3) is 1.42. The number of aliphatic imine (C=N–C) groups is 1. The first kappa shape index (κ1) is 9.55. The quantitative estimate of drug-likeness (QED) is 0.673. The Morgan fingerprint density at radius 2 is 2.12 bits per heavy atom. The predicted molar refractivity (Wildman–Crippen MR) is 67.3 cm³/mol. The van der Waals surface area contributed by atoms with E-state index in [1.807, 2.05) is 18.4 Å². The second kappa shape index (κ2) is 3.72. The summed E-state index contributed by atoms with van der Waals surface area (Å²) < 4.78 is 0. The van der Waals surface area contributed by atoms with Gasteiger partial charge in [-0.15, -0.1) is 0 Å². The summed E-state index contributed by atoms with van der Waals surface area (Å²) in [6, 6.07) is 8.47. The van der Waals surface area contributed by atoms with E-state index in [1.165, 1.54) is 16.0 Å². The highest BCUT2D eigenvalue weighted by atomic mass is 14.8. The van der Waals surface area contributed by atoms with Crippen LogP contribution in [0.25, 0.3) is 11.6 Å². The summed E-state index contributed by atoms with van der Waals surface area (Å²) >= 11 is 0. The Kier molecular flexibility index (Phi) is 2.22.